The van der Waals surface area contributed by atoms with E-state index in [1.165, 1.54) is 4.90 Å². The van der Waals surface area contributed by atoms with Crippen LogP contribution in [0.4, 0.5) is 11.4 Å². The summed E-state index contributed by atoms with van der Waals surface area (Å²) in [6, 6.07) is 53.2. The first kappa shape index (κ1) is 29.1. The minimum atomic E-state index is -0.366. The number of fused-ring (bicyclic) bond motifs is 4. The Labute approximate surface area is 288 Å². The van der Waals surface area contributed by atoms with E-state index in [1.54, 1.807) is 12.1 Å². The van der Waals surface area contributed by atoms with Crippen LogP contribution >= 0.6 is 0 Å². The van der Waals surface area contributed by atoms with Crippen molar-refractivity contribution >= 4 is 45.0 Å². The van der Waals surface area contributed by atoms with E-state index in [0.717, 1.165) is 55.2 Å². The van der Waals surface area contributed by atoms with Gasteiger partial charge in [-0.15, -0.1) is 0 Å². The van der Waals surface area contributed by atoms with Gasteiger partial charge in [0.25, 0.3) is 11.8 Å². The van der Waals surface area contributed by atoms with E-state index >= 15 is 0 Å². The summed E-state index contributed by atoms with van der Waals surface area (Å²) in [6.45, 7) is 7.51. The Hall–Kier alpha value is -7.03. The Bertz CT molecular complexity index is 2700. The van der Waals surface area contributed by atoms with Gasteiger partial charge < -0.3 is 4.57 Å². The highest BCUT2D eigenvalue weighted by molar-refractivity contribution is 6.36. The van der Waals surface area contributed by atoms with Crippen LogP contribution < -0.4 is 4.90 Å². The molecule has 1 aliphatic heterocycles. The molecule has 0 unspecified atom stereocenters. The lowest BCUT2D eigenvalue weighted by atomic mass is 9.92. The molecule has 0 aliphatic carbocycles. The van der Waals surface area contributed by atoms with Crippen LogP contribution in [0.15, 0.2) is 164 Å². The zero-order valence-corrected chi connectivity index (χ0v) is 26.7. The van der Waals surface area contributed by atoms with E-state index in [4.69, 9.17) is 6.57 Å². The van der Waals surface area contributed by atoms with Gasteiger partial charge in [0.15, 0.2) is 5.69 Å². The minimum absolute atomic E-state index is 0.355. The maximum atomic E-state index is 14.8. The maximum absolute atomic E-state index is 14.8. The highest BCUT2D eigenvalue weighted by atomic mass is 16.2. The second-order valence-corrected chi connectivity index (χ2v) is 12.3. The first-order chi connectivity index (χ1) is 24.6. The molecule has 0 atom stereocenters. The molecule has 5 nitrogen and oxygen atoms in total. The van der Waals surface area contributed by atoms with Gasteiger partial charge in [0.05, 0.1) is 40.1 Å². The van der Waals surface area contributed by atoms with Crippen LogP contribution in [0.1, 0.15) is 20.7 Å². The predicted molar refractivity (Wildman–Crippen MR) is 201 cm³/mol. The van der Waals surface area contributed by atoms with Gasteiger partial charge in [-0.25, -0.2) is 9.74 Å². The number of nitrogens with zero attached hydrogens (tertiary/aromatic N) is 3. The SMILES string of the molecule is [C-]#[N+]c1cccc(-c2ccc3c4ccccc4n(-c4cccc5c4C(=O)N(c4cccc(-c6ccccc6)c4-c4ccccc4)C5=O)c3c2)c1. The highest BCUT2D eigenvalue weighted by Crippen LogP contribution is 2.44. The fraction of sp³-hybridized carbons (Fsp3) is 0. The van der Waals surface area contributed by atoms with Crippen molar-refractivity contribution < 1.29 is 9.59 Å². The van der Waals surface area contributed by atoms with Crippen molar-refractivity contribution in [3.8, 4) is 39.1 Å². The average Bonchev–Trinajstić information content (AvgIpc) is 3.65. The molecule has 0 fully saturated rings. The van der Waals surface area contributed by atoms with Gasteiger partial charge in [-0.1, -0.05) is 127 Å². The summed E-state index contributed by atoms with van der Waals surface area (Å²) < 4.78 is 2.10. The molecular formula is C45H27N3O2. The van der Waals surface area contributed by atoms with Crippen LogP contribution in [0.5, 0.6) is 0 Å². The first-order valence-electron chi connectivity index (χ1n) is 16.4. The molecule has 0 saturated heterocycles. The van der Waals surface area contributed by atoms with Crippen LogP contribution in [0, 0.1) is 6.57 Å². The van der Waals surface area contributed by atoms with Crippen LogP contribution in [-0.2, 0) is 0 Å². The van der Waals surface area contributed by atoms with Gasteiger partial charge in [0.1, 0.15) is 0 Å². The molecule has 2 amide bonds. The summed E-state index contributed by atoms with van der Waals surface area (Å²) >= 11 is 0. The number of anilines is 1. The largest absolute Gasteiger partial charge is 0.308 e. The Balaban J connectivity index is 1.26. The normalized spacial score (nSPS) is 12.4. The average molecular weight is 642 g/mol. The van der Waals surface area contributed by atoms with Crippen molar-refractivity contribution in [3.05, 3.63) is 186 Å². The van der Waals surface area contributed by atoms with E-state index in [9.17, 15) is 9.59 Å². The third kappa shape index (κ3) is 4.47. The van der Waals surface area contributed by atoms with Gasteiger partial charge in [0.2, 0.25) is 0 Å². The molecule has 5 heteroatoms. The van der Waals surface area contributed by atoms with Crippen LogP contribution in [0.25, 0.3) is 65.7 Å². The fourth-order valence-electron chi connectivity index (χ4n) is 7.33. The van der Waals surface area contributed by atoms with E-state index in [-0.39, 0.29) is 11.8 Å². The molecule has 0 saturated carbocycles. The molecule has 0 radical (unpaired) electrons. The summed E-state index contributed by atoms with van der Waals surface area (Å²) in [7, 11) is 0. The number of rotatable bonds is 5. The molecule has 7 aromatic carbocycles. The zero-order chi connectivity index (χ0) is 33.8. The third-order valence-electron chi connectivity index (χ3n) is 9.55. The summed E-state index contributed by atoms with van der Waals surface area (Å²) in [4.78, 5) is 34.3. The molecule has 8 aromatic rings. The van der Waals surface area contributed by atoms with Crippen molar-refractivity contribution in [2.75, 3.05) is 4.90 Å². The molecule has 234 valence electrons. The van der Waals surface area contributed by atoms with Gasteiger partial charge in [-0.05, 0) is 64.2 Å². The van der Waals surface area contributed by atoms with Crippen molar-refractivity contribution in [1.29, 1.82) is 0 Å². The number of hydrogen-bond donors (Lipinski definition) is 0. The molecular weight excluding hydrogens is 615 g/mol. The molecule has 50 heavy (non-hydrogen) atoms. The van der Waals surface area contributed by atoms with E-state index in [0.29, 0.717) is 28.2 Å². The minimum Gasteiger partial charge on any atom is -0.308 e. The van der Waals surface area contributed by atoms with Gasteiger partial charge in [-0.3, -0.25) is 9.59 Å². The van der Waals surface area contributed by atoms with Crippen LogP contribution in [0.3, 0.4) is 0 Å². The molecule has 2 heterocycles. The van der Waals surface area contributed by atoms with Crippen LogP contribution in [0.2, 0.25) is 0 Å². The predicted octanol–water partition coefficient (Wildman–Crippen LogP) is 11.1. The Morgan fingerprint density at radius 2 is 1.06 bits per heavy atom. The number of benzene rings is 7. The van der Waals surface area contributed by atoms with Crippen LogP contribution in [-0.4, -0.2) is 16.4 Å². The summed E-state index contributed by atoms with van der Waals surface area (Å²) in [5, 5.41) is 2.07. The number of para-hydroxylation sites is 1. The number of aromatic nitrogens is 1. The second kappa shape index (κ2) is 11.6. The number of hydrogen-bond acceptors (Lipinski definition) is 2. The zero-order valence-electron chi connectivity index (χ0n) is 26.7. The smallest absolute Gasteiger partial charge is 0.268 e. The quantitative estimate of drug-likeness (QED) is 0.139. The number of carbonyl (C=O) groups excluding carboxylic acids is 2. The molecule has 0 bridgehead atoms. The van der Waals surface area contributed by atoms with Gasteiger partial charge in [0, 0.05) is 16.3 Å². The molecule has 9 rings (SSSR count). The summed E-state index contributed by atoms with van der Waals surface area (Å²) in [6.07, 6.45) is 0. The fourth-order valence-corrected chi connectivity index (χ4v) is 7.33. The number of imide groups is 1. The standard InChI is InChI=1S/C45H27N3O2/c1-46-33-18-10-17-31(27-33)32-25-26-36-35-19-8-9-22-38(35)47(41(36)28-32)40-24-12-21-37-43(40)45(50)48(44(37)49)39-23-11-20-34(29-13-4-2-5-14-29)42(39)30-15-6-3-7-16-30/h2-28H. The topological polar surface area (TPSA) is 46.7 Å². The van der Waals surface area contributed by atoms with Gasteiger partial charge >= 0.3 is 0 Å². The summed E-state index contributed by atoms with van der Waals surface area (Å²) in [5.74, 6) is -0.721. The lowest BCUT2D eigenvalue weighted by Crippen LogP contribution is -2.30. The van der Waals surface area contributed by atoms with Gasteiger partial charge in [-0.2, -0.15) is 0 Å². The Kier molecular flexibility index (Phi) is 6.75. The maximum Gasteiger partial charge on any atom is 0.268 e. The van der Waals surface area contributed by atoms with Crippen molar-refractivity contribution in [2.24, 2.45) is 0 Å². The molecule has 1 aliphatic rings. The number of amides is 2. The molecule has 0 spiro atoms. The van der Waals surface area contributed by atoms with Crippen molar-refractivity contribution in [2.45, 2.75) is 0 Å². The lowest BCUT2D eigenvalue weighted by Gasteiger charge is -2.22. The van der Waals surface area contributed by atoms with E-state index < -0.39 is 0 Å². The highest BCUT2D eigenvalue weighted by Gasteiger charge is 2.40. The number of carbonyl (C=O) groups is 2. The monoisotopic (exact) mass is 641 g/mol. The lowest BCUT2D eigenvalue weighted by molar-refractivity contribution is 0.0926. The van der Waals surface area contributed by atoms with E-state index in [1.807, 2.05) is 127 Å². The van der Waals surface area contributed by atoms with Crippen molar-refractivity contribution in [3.63, 3.8) is 0 Å². The van der Waals surface area contributed by atoms with E-state index in [2.05, 4.69) is 33.7 Å². The first-order valence-corrected chi connectivity index (χ1v) is 16.4. The van der Waals surface area contributed by atoms with Crippen molar-refractivity contribution in [1.82, 2.24) is 4.57 Å². The third-order valence-corrected chi connectivity index (χ3v) is 9.55. The Morgan fingerprint density at radius 1 is 0.440 bits per heavy atom. The Morgan fingerprint density at radius 3 is 1.84 bits per heavy atom. The second-order valence-electron chi connectivity index (χ2n) is 12.3. The molecule has 0 N–H and O–H groups in total. The molecule has 1 aromatic heterocycles. The summed E-state index contributed by atoms with van der Waals surface area (Å²) in [5.41, 5.74) is 9.85.